The molecule has 0 aromatic heterocycles. The molecule has 0 spiro atoms. The van der Waals surface area contributed by atoms with Crippen LogP contribution in [-0.4, -0.2) is 32.9 Å². The molecule has 1 unspecified atom stereocenters. The number of fused-ring (bicyclic) bond motifs is 1. The Morgan fingerprint density at radius 1 is 1.18 bits per heavy atom. The predicted octanol–water partition coefficient (Wildman–Crippen LogP) is 0.625. The fraction of sp³-hybridized carbons (Fsp3) is 0.300. The number of rotatable bonds is 7. The highest BCUT2D eigenvalue weighted by molar-refractivity contribution is 7.89. The van der Waals surface area contributed by atoms with Crippen LogP contribution in [0, 0.1) is 0 Å². The zero-order valence-corrected chi connectivity index (χ0v) is 16.2. The minimum Gasteiger partial charge on any atom is -0.548 e. The highest BCUT2D eigenvalue weighted by atomic mass is 32.2. The average molecular weight is 401 g/mol. The molecule has 1 amide bonds. The van der Waals surface area contributed by atoms with Crippen molar-refractivity contribution in [2.75, 3.05) is 11.4 Å². The first kappa shape index (κ1) is 20.0. The van der Waals surface area contributed by atoms with Gasteiger partial charge in [-0.15, -0.1) is 0 Å². The van der Waals surface area contributed by atoms with Crippen LogP contribution in [0.1, 0.15) is 24.5 Å². The number of anilines is 1. The predicted molar refractivity (Wildman–Crippen MR) is 102 cm³/mol. The maximum atomic E-state index is 12.7. The Kier molecular flexibility index (Phi) is 5.81. The quantitative estimate of drug-likeness (QED) is 0.732. The molecule has 8 heteroatoms. The molecule has 0 saturated heterocycles. The Balaban J connectivity index is 1.82. The van der Waals surface area contributed by atoms with Crippen molar-refractivity contribution >= 4 is 27.6 Å². The van der Waals surface area contributed by atoms with Crippen LogP contribution in [0.5, 0.6) is 0 Å². The number of amides is 1. The minimum atomic E-state index is -4.06. The van der Waals surface area contributed by atoms with E-state index in [0.29, 0.717) is 30.6 Å². The lowest BCUT2D eigenvalue weighted by Crippen LogP contribution is -2.49. The second-order valence-corrected chi connectivity index (χ2v) is 8.34. The first-order valence-corrected chi connectivity index (χ1v) is 10.5. The van der Waals surface area contributed by atoms with Gasteiger partial charge in [-0.2, -0.15) is 0 Å². The Morgan fingerprint density at radius 2 is 1.89 bits per heavy atom. The van der Waals surface area contributed by atoms with Crippen LogP contribution in [0.2, 0.25) is 0 Å². The summed E-state index contributed by atoms with van der Waals surface area (Å²) in [7, 11) is -4.06. The topological polar surface area (TPSA) is 107 Å². The molecule has 148 valence electrons. The number of nitrogens with zero attached hydrogens (tertiary/aromatic N) is 1. The number of carbonyl (C=O) groups is 2. The van der Waals surface area contributed by atoms with Gasteiger partial charge in [0.1, 0.15) is 0 Å². The van der Waals surface area contributed by atoms with E-state index in [1.165, 1.54) is 12.1 Å². The number of carbonyl (C=O) groups excluding carboxylic acids is 2. The zero-order valence-electron chi connectivity index (χ0n) is 15.4. The normalized spacial score (nSPS) is 14.5. The number of benzene rings is 2. The molecule has 1 heterocycles. The molecule has 1 aliphatic heterocycles. The molecule has 3 rings (SSSR count). The van der Waals surface area contributed by atoms with Crippen molar-refractivity contribution in [3.63, 3.8) is 0 Å². The fourth-order valence-electron chi connectivity index (χ4n) is 3.27. The standard InChI is InChI=1S/C20H22N2O5S/c1-2-19(23)22-11-10-15-13-16(8-9-18(15)22)28(26,27)21-17(20(24)25)12-14-6-4-3-5-7-14/h3-9,13,17,21H,2,10-12H2,1H3,(H,24,25)/p-1. The van der Waals surface area contributed by atoms with Crippen molar-refractivity contribution in [3.05, 3.63) is 59.7 Å². The Morgan fingerprint density at radius 3 is 2.54 bits per heavy atom. The van der Waals surface area contributed by atoms with Crippen molar-refractivity contribution < 1.29 is 23.1 Å². The van der Waals surface area contributed by atoms with Crippen LogP contribution in [0.15, 0.2) is 53.4 Å². The summed E-state index contributed by atoms with van der Waals surface area (Å²) in [5.74, 6) is -1.51. The molecule has 0 bridgehead atoms. The number of carboxylic acid groups (broad SMARTS) is 1. The maximum Gasteiger partial charge on any atom is 0.241 e. The molecule has 1 aliphatic rings. The van der Waals surface area contributed by atoms with Gasteiger partial charge in [-0.05, 0) is 42.2 Å². The van der Waals surface area contributed by atoms with Crippen LogP contribution in [0.4, 0.5) is 5.69 Å². The molecule has 28 heavy (non-hydrogen) atoms. The van der Waals surface area contributed by atoms with Gasteiger partial charge in [-0.1, -0.05) is 37.3 Å². The molecule has 2 aromatic rings. The Hall–Kier alpha value is -2.71. The molecule has 0 radical (unpaired) electrons. The highest BCUT2D eigenvalue weighted by Gasteiger charge is 2.27. The summed E-state index contributed by atoms with van der Waals surface area (Å²) in [5, 5.41) is 11.5. The number of aliphatic carboxylic acids is 1. The van der Waals surface area contributed by atoms with Gasteiger partial charge in [0.25, 0.3) is 0 Å². The molecule has 1 N–H and O–H groups in total. The third-order valence-corrected chi connectivity index (χ3v) is 6.19. The zero-order chi connectivity index (χ0) is 20.3. The summed E-state index contributed by atoms with van der Waals surface area (Å²) in [5.41, 5.74) is 2.13. The van der Waals surface area contributed by atoms with E-state index < -0.39 is 22.0 Å². The summed E-state index contributed by atoms with van der Waals surface area (Å²) < 4.78 is 27.7. The van der Waals surface area contributed by atoms with Crippen molar-refractivity contribution in [2.24, 2.45) is 0 Å². The number of hydrogen-bond acceptors (Lipinski definition) is 5. The van der Waals surface area contributed by atoms with Gasteiger partial charge >= 0.3 is 0 Å². The number of sulfonamides is 1. The van der Waals surface area contributed by atoms with Gasteiger partial charge in [0.2, 0.25) is 15.9 Å². The first-order valence-electron chi connectivity index (χ1n) is 9.02. The van der Waals surface area contributed by atoms with Crippen LogP contribution < -0.4 is 14.7 Å². The smallest absolute Gasteiger partial charge is 0.241 e. The maximum absolute atomic E-state index is 12.7. The molecular weight excluding hydrogens is 380 g/mol. The van der Waals surface area contributed by atoms with Crippen LogP contribution >= 0.6 is 0 Å². The summed E-state index contributed by atoms with van der Waals surface area (Å²) in [6.45, 7) is 2.28. The van der Waals surface area contributed by atoms with E-state index in [-0.39, 0.29) is 17.2 Å². The molecular formula is C20H21N2O5S-. The molecule has 1 atom stereocenters. The van der Waals surface area contributed by atoms with Crippen LogP contribution in [0.3, 0.4) is 0 Å². The third kappa shape index (κ3) is 4.23. The number of hydrogen-bond donors (Lipinski definition) is 1. The number of carboxylic acids is 1. The molecule has 2 aromatic carbocycles. The Labute approximate surface area is 164 Å². The van der Waals surface area contributed by atoms with Crippen molar-refractivity contribution in [2.45, 2.75) is 37.1 Å². The van der Waals surface area contributed by atoms with Crippen molar-refractivity contribution in [1.82, 2.24) is 4.72 Å². The minimum absolute atomic E-state index is 0.0210. The highest BCUT2D eigenvalue weighted by Crippen LogP contribution is 2.30. The molecule has 7 nitrogen and oxygen atoms in total. The largest absolute Gasteiger partial charge is 0.548 e. The summed E-state index contributed by atoms with van der Waals surface area (Å²) >= 11 is 0. The van der Waals surface area contributed by atoms with Gasteiger partial charge in [0.15, 0.2) is 0 Å². The lowest BCUT2D eigenvalue weighted by molar-refractivity contribution is -0.307. The van der Waals surface area contributed by atoms with E-state index in [1.807, 2.05) is 0 Å². The second kappa shape index (κ2) is 8.12. The SMILES string of the molecule is CCC(=O)N1CCc2cc(S(=O)(=O)NC(Cc3ccccc3)C(=O)[O-])ccc21. The van der Waals surface area contributed by atoms with Gasteiger partial charge in [-0.25, -0.2) is 13.1 Å². The summed E-state index contributed by atoms with van der Waals surface area (Å²) in [4.78, 5) is 25.1. The van der Waals surface area contributed by atoms with Crippen molar-refractivity contribution in [1.29, 1.82) is 0 Å². The van der Waals surface area contributed by atoms with Gasteiger partial charge in [0, 0.05) is 18.7 Å². The summed E-state index contributed by atoms with van der Waals surface area (Å²) in [6, 6.07) is 11.8. The second-order valence-electron chi connectivity index (χ2n) is 6.62. The lowest BCUT2D eigenvalue weighted by atomic mass is 10.1. The van der Waals surface area contributed by atoms with E-state index in [9.17, 15) is 23.1 Å². The van der Waals surface area contributed by atoms with E-state index in [0.717, 1.165) is 5.56 Å². The first-order chi connectivity index (χ1) is 13.3. The molecule has 0 saturated carbocycles. The molecule has 0 aliphatic carbocycles. The van der Waals surface area contributed by atoms with Crippen LogP contribution in [-0.2, 0) is 32.5 Å². The monoisotopic (exact) mass is 401 g/mol. The van der Waals surface area contributed by atoms with Gasteiger partial charge in [0.05, 0.1) is 16.9 Å². The fourth-order valence-corrected chi connectivity index (χ4v) is 4.51. The van der Waals surface area contributed by atoms with E-state index in [2.05, 4.69) is 4.72 Å². The lowest BCUT2D eigenvalue weighted by Gasteiger charge is -2.20. The van der Waals surface area contributed by atoms with E-state index >= 15 is 0 Å². The van der Waals surface area contributed by atoms with Crippen molar-refractivity contribution in [3.8, 4) is 0 Å². The Bertz CT molecular complexity index is 989. The summed E-state index contributed by atoms with van der Waals surface area (Å²) in [6.07, 6.45) is 0.901. The van der Waals surface area contributed by atoms with Gasteiger partial charge in [-0.3, -0.25) is 4.79 Å². The molecule has 0 fully saturated rings. The number of nitrogens with one attached hydrogen (secondary N) is 1. The van der Waals surface area contributed by atoms with E-state index in [1.54, 1.807) is 48.2 Å². The third-order valence-electron chi connectivity index (χ3n) is 4.72. The van der Waals surface area contributed by atoms with Gasteiger partial charge < -0.3 is 14.8 Å². The van der Waals surface area contributed by atoms with E-state index in [4.69, 9.17) is 0 Å². The average Bonchev–Trinajstić information content (AvgIpc) is 3.10. The van der Waals surface area contributed by atoms with Crippen LogP contribution in [0.25, 0.3) is 0 Å².